The summed E-state index contributed by atoms with van der Waals surface area (Å²) >= 11 is 0. The molecule has 1 rings (SSSR count). The molecule has 15 heavy (non-hydrogen) atoms. The van der Waals surface area contributed by atoms with E-state index in [0.717, 1.165) is 11.3 Å². The highest BCUT2D eigenvalue weighted by Crippen LogP contribution is 2.14. The number of ether oxygens (including phenoxy) is 1. The first-order valence-electron chi connectivity index (χ1n) is 4.76. The van der Waals surface area contributed by atoms with Crippen molar-refractivity contribution in [3.05, 3.63) is 35.4 Å². The molecule has 0 unspecified atom stereocenters. The smallest absolute Gasteiger partial charge is 0.119 e. The van der Waals surface area contributed by atoms with Crippen molar-refractivity contribution in [1.82, 2.24) is 0 Å². The van der Waals surface area contributed by atoms with Crippen LogP contribution in [-0.2, 0) is 4.79 Å². The average Bonchev–Trinajstić information content (AvgIpc) is 2.21. The van der Waals surface area contributed by atoms with Gasteiger partial charge < -0.3 is 14.6 Å². The van der Waals surface area contributed by atoms with Gasteiger partial charge in [-0.3, -0.25) is 0 Å². The molecule has 80 valence electrons. The Kier molecular flexibility index (Phi) is 3.92. The van der Waals surface area contributed by atoms with E-state index in [0.29, 0.717) is 6.61 Å². The number of benzene rings is 1. The zero-order chi connectivity index (χ0) is 11.3. The number of rotatable bonds is 4. The fraction of sp³-hybridized carbons (Fsp3) is 0.250. The maximum absolute atomic E-state index is 10.5. The van der Waals surface area contributed by atoms with Gasteiger partial charge in [0, 0.05) is 0 Å². The Bertz CT molecular complexity index is 363. The van der Waals surface area contributed by atoms with Crippen LogP contribution in [0.25, 0.3) is 6.08 Å². The third-order valence-electron chi connectivity index (χ3n) is 1.90. The summed E-state index contributed by atoms with van der Waals surface area (Å²) < 4.78 is 5.26. The molecular weight excluding hydrogens is 192 g/mol. The van der Waals surface area contributed by atoms with Gasteiger partial charge >= 0.3 is 0 Å². The van der Waals surface area contributed by atoms with Gasteiger partial charge in [-0.15, -0.1) is 0 Å². The van der Waals surface area contributed by atoms with Crippen molar-refractivity contribution in [3.63, 3.8) is 0 Å². The number of carbonyl (C=O) groups is 1. The Balaban J connectivity index is 2.80. The van der Waals surface area contributed by atoms with Gasteiger partial charge in [0.25, 0.3) is 0 Å². The van der Waals surface area contributed by atoms with Crippen molar-refractivity contribution in [3.8, 4) is 5.75 Å². The summed E-state index contributed by atoms with van der Waals surface area (Å²) in [6.45, 7) is 4.03. The highest BCUT2D eigenvalue weighted by molar-refractivity contribution is 5.89. The van der Waals surface area contributed by atoms with Crippen molar-refractivity contribution >= 4 is 12.0 Å². The van der Waals surface area contributed by atoms with E-state index in [1.807, 2.05) is 6.92 Å². The Labute approximate surface area is 89.0 Å². The molecule has 0 amide bonds. The molecule has 1 aromatic carbocycles. The van der Waals surface area contributed by atoms with Gasteiger partial charge in [-0.1, -0.05) is 18.2 Å². The summed E-state index contributed by atoms with van der Waals surface area (Å²) in [5, 5.41) is 10.5. The predicted molar refractivity (Wildman–Crippen MR) is 56.3 cm³/mol. The molecule has 3 nitrogen and oxygen atoms in total. The molecule has 0 N–H and O–H groups in total. The number of carboxylic acid groups (broad SMARTS) is 1. The SMILES string of the molecule is CCOc1ccc(/C=C(\C)C(=O)[O-])cc1. The van der Waals surface area contributed by atoms with Crippen LogP contribution in [0.4, 0.5) is 0 Å². The summed E-state index contributed by atoms with van der Waals surface area (Å²) in [6.07, 6.45) is 1.56. The van der Waals surface area contributed by atoms with E-state index in [1.165, 1.54) is 6.92 Å². The van der Waals surface area contributed by atoms with Crippen molar-refractivity contribution in [2.24, 2.45) is 0 Å². The van der Waals surface area contributed by atoms with Crippen LogP contribution in [0.2, 0.25) is 0 Å². The van der Waals surface area contributed by atoms with Gasteiger partial charge in [-0.05, 0) is 37.1 Å². The minimum atomic E-state index is -1.15. The minimum Gasteiger partial charge on any atom is -0.545 e. The lowest BCUT2D eigenvalue weighted by atomic mass is 10.1. The Morgan fingerprint density at radius 2 is 2.00 bits per heavy atom. The summed E-state index contributed by atoms with van der Waals surface area (Å²) in [5.41, 5.74) is 1.03. The molecule has 0 heterocycles. The summed E-state index contributed by atoms with van der Waals surface area (Å²) in [5.74, 6) is -0.371. The Morgan fingerprint density at radius 3 is 2.47 bits per heavy atom. The van der Waals surface area contributed by atoms with Crippen LogP contribution in [0.15, 0.2) is 29.8 Å². The van der Waals surface area contributed by atoms with E-state index in [2.05, 4.69) is 0 Å². The van der Waals surface area contributed by atoms with Crippen LogP contribution in [0.5, 0.6) is 5.75 Å². The monoisotopic (exact) mass is 205 g/mol. The van der Waals surface area contributed by atoms with E-state index < -0.39 is 5.97 Å². The van der Waals surface area contributed by atoms with Crippen LogP contribution in [0.3, 0.4) is 0 Å². The van der Waals surface area contributed by atoms with Gasteiger partial charge in [0.2, 0.25) is 0 Å². The first-order chi connectivity index (χ1) is 7.13. The average molecular weight is 205 g/mol. The van der Waals surface area contributed by atoms with E-state index in [4.69, 9.17) is 4.74 Å². The highest BCUT2D eigenvalue weighted by Gasteiger charge is 1.94. The maximum atomic E-state index is 10.5. The number of hydrogen-bond acceptors (Lipinski definition) is 3. The fourth-order valence-electron chi connectivity index (χ4n) is 1.14. The van der Waals surface area contributed by atoms with Crippen molar-refractivity contribution in [2.75, 3.05) is 6.61 Å². The van der Waals surface area contributed by atoms with Crippen molar-refractivity contribution < 1.29 is 14.6 Å². The zero-order valence-corrected chi connectivity index (χ0v) is 8.82. The fourth-order valence-corrected chi connectivity index (χ4v) is 1.14. The normalized spacial score (nSPS) is 11.2. The number of hydrogen-bond donors (Lipinski definition) is 0. The van der Waals surface area contributed by atoms with Crippen molar-refractivity contribution in [1.29, 1.82) is 0 Å². The van der Waals surface area contributed by atoms with Crippen LogP contribution in [0.1, 0.15) is 19.4 Å². The van der Waals surface area contributed by atoms with Gasteiger partial charge in [0.1, 0.15) is 5.75 Å². The molecule has 0 fully saturated rings. The van der Waals surface area contributed by atoms with E-state index in [9.17, 15) is 9.90 Å². The van der Waals surface area contributed by atoms with Crippen LogP contribution < -0.4 is 9.84 Å². The quantitative estimate of drug-likeness (QED) is 0.695. The topological polar surface area (TPSA) is 49.4 Å². The molecule has 0 radical (unpaired) electrons. The predicted octanol–water partition coefficient (Wildman–Crippen LogP) is 1.24. The molecule has 0 saturated carbocycles. The number of aliphatic carboxylic acids is 1. The zero-order valence-electron chi connectivity index (χ0n) is 8.82. The minimum absolute atomic E-state index is 0.208. The second-order valence-electron chi connectivity index (χ2n) is 3.12. The van der Waals surface area contributed by atoms with Gasteiger partial charge in [-0.2, -0.15) is 0 Å². The molecule has 0 saturated heterocycles. The second kappa shape index (κ2) is 5.20. The maximum Gasteiger partial charge on any atom is 0.119 e. The third-order valence-corrected chi connectivity index (χ3v) is 1.90. The lowest BCUT2D eigenvalue weighted by Gasteiger charge is -2.04. The second-order valence-corrected chi connectivity index (χ2v) is 3.12. The third kappa shape index (κ3) is 3.46. The molecule has 0 aliphatic rings. The summed E-state index contributed by atoms with van der Waals surface area (Å²) in [7, 11) is 0. The largest absolute Gasteiger partial charge is 0.545 e. The molecule has 1 aromatic rings. The van der Waals surface area contributed by atoms with E-state index in [1.54, 1.807) is 30.3 Å². The number of carboxylic acids is 1. The molecule has 3 heteroatoms. The Hall–Kier alpha value is -1.77. The number of carbonyl (C=O) groups excluding carboxylic acids is 1. The van der Waals surface area contributed by atoms with Crippen molar-refractivity contribution in [2.45, 2.75) is 13.8 Å². The molecule has 0 aliphatic carbocycles. The molecule has 0 aromatic heterocycles. The van der Waals surface area contributed by atoms with Gasteiger partial charge in [-0.25, -0.2) is 0 Å². The summed E-state index contributed by atoms with van der Waals surface area (Å²) in [4.78, 5) is 10.5. The standard InChI is InChI=1S/C12H14O3/c1-3-15-11-6-4-10(5-7-11)8-9(2)12(13)14/h4-8H,3H2,1-2H3,(H,13,14)/p-1/b9-8+. The molecule has 0 aliphatic heterocycles. The van der Waals surface area contributed by atoms with Crippen LogP contribution in [0, 0.1) is 0 Å². The molecule has 0 atom stereocenters. The van der Waals surface area contributed by atoms with Crippen LogP contribution in [-0.4, -0.2) is 12.6 Å². The summed E-state index contributed by atoms with van der Waals surface area (Å²) in [6, 6.07) is 7.21. The lowest BCUT2D eigenvalue weighted by molar-refractivity contribution is -0.299. The van der Waals surface area contributed by atoms with E-state index in [-0.39, 0.29) is 5.57 Å². The first kappa shape index (κ1) is 11.3. The highest BCUT2D eigenvalue weighted by atomic mass is 16.5. The first-order valence-corrected chi connectivity index (χ1v) is 4.76. The van der Waals surface area contributed by atoms with E-state index >= 15 is 0 Å². The molecular formula is C12H13O3-. The van der Waals surface area contributed by atoms with Crippen LogP contribution >= 0.6 is 0 Å². The lowest BCUT2D eigenvalue weighted by Crippen LogP contribution is -2.22. The van der Waals surface area contributed by atoms with Gasteiger partial charge in [0.15, 0.2) is 0 Å². The van der Waals surface area contributed by atoms with Gasteiger partial charge in [0.05, 0.1) is 12.6 Å². The Morgan fingerprint density at radius 1 is 1.40 bits per heavy atom. The molecule has 0 spiro atoms. The molecule has 0 bridgehead atoms.